The first kappa shape index (κ1) is 18.9. The Morgan fingerprint density at radius 3 is 2.77 bits per heavy atom. The summed E-state index contributed by atoms with van der Waals surface area (Å²) in [6.07, 6.45) is 2.70. The smallest absolute Gasteiger partial charge is 0.334 e. The molecule has 0 spiro atoms. The minimum absolute atomic E-state index is 0.0145. The summed E-state index contributed by atoms with van der Waals surface area (Å²) in [7, 11) is 1.88. The fourth-order valence-corrected chi connectivity index (χ4v) is 5.10. The number of hydrogen-bond acceptors (Lipinski definition) is 4. The van der Waals surface area contributed by atoms with E-state index in [9.17, 15) is 19.7 Å². The number of piperidine rings is 1. The summed E-state index contributed by atoms with van der Waals surface area (Å²) >= 11 is 6.11. The van der Waals surface area contributed by atoms with Crippen molar-refractivity contribution in [3.05, 3.63) is 73.3 Å². The molecular weight excluding hydrogens is 408 g/mol. The van der Waals surface area contributed by atoms with Gasteiger partial charge in [0.25, 0.3) is 5.91 Å². The van der Waals surface area contributed by atoms with Crippen LogP contribution in [0.25, 0.3) is 10.9 Å². The van der Waals surface area contributed by atoms with Crippen molar-refractivity contribution in [1.29, 1.82) is 0 Å². The number of carbonyl (C=O) groups excluding carboxylic acids is 1. The SMILES string of the molecule is Cn1cc(C(=O)N2CC3CC(C2)c2ccc([N+](=O)[O-])c(=O)n2C3)c2ccc(Cl)cc21. The van der Waals surface area contributed by atoms with E-state index < -0.39 is 16.2 Å². The molecule has 0 radical (unpaired) electrons. The van der Waals surface area contributed by atoms with Crippen LogP contribution in [0.3, 0.4) is 0 Å². The fourth-order valence-electron chi connectivity index (χ4n) is 4.94. The number of carbonyl (C=O) groups is 1. The Balaban J connectivity index is 1.49. The topological polar surface area (TPSA) is 90.4 Å². The molecule has 1 saturated heterocycles. The lowest BCUT2D eigenvalue weighted by Gasteiger charge is -2.42. The first-order chi connectivity index (χ1) is 14.3. The number of nitro groups is 1. The molecule has 154 valence electrons. The van der Waals surface area contributed by atoms with Crippen molar-refractivity contribution in [3.63, 3.8) is 0 Å². The van der Waals surface area contributed by atoms with Crippen LogP contribution in [0.15, 0.2) is 41.3 Å². The van der Waals surface area contributed by atoms with E-state index in [2.05, 4.69) is 0 Å². The van der Waals surface area contributed by atoms with E-state index in [-0.39, 0.29) is 17.7 Å². The van der Waals surface area contributed by atoms with Crippen molar-refractivity contribution in [2.24, 2.45) is 13.0 Å². The van der Waals surface area contributed by atoms with Crippen molar-refractivity contribution in [3.8, 4) is 0 Å². The molecule has 0 saturated carbocycles. The molecule has 0 aliphatic carbocycles. The number of benzene rings is 1. The minimum Gasteiger partial charge on any atom is -0.350 e. The average molecular weight is 427 g/mol. The third kappa shape index (κ3) is 2.82. The molecule has 2 aliphatic rings. The Labute approximate surface area is 176 Å². The lowest BCUT2D eigenvalue weighted by Crippen LogP contribution is -2.49. The highest BCUT2D eigenvalue weighted by Gasteiger charge is 2.38. The molecular formula is C21H19ClN4O4. The fraction of sp³-hybridized carbons (Fsp3) is 0.333. The van der Waals surface area contributed by atoms with E-state index in [1.165, 1.54) is 10.6 Å². The Bertz CT molecular complexity index is 1280. The number of pyridine rings is 1. The maximum absolute atomic E-state index is 13.4. The van der Waals surface area contributed by atoms with Gasteiger partial charge in [0.15, 0.2) is 0 Å². The molecule has 2 atom stereocenters. The molecule has 1 amide bonds. The number of aryl methyl sites for hydroxylation is 1. The van der Waals surface area contributed by atoms with Crippen LogP contribution in [0.1, 0.15) is 28.4 Å². The largest absolute Gasteiger partial charge is 0.350 e. The van der Waals surface area contributed by atoms with Crippen molar-refractivity contribution in [2.75, 3.05) is 13.1 Å². The van der Waals surface area contributed by atoms with Crippen LogP contribution in [-0.2, 0) is 13.6 Å². The number of amides is 1. The molecule has 5 rings (SSSR count). The Hall–Kier alpha value is -3.13. The van der Waals surface area contributed by atoms with Gasteiger partial charge in [-0.1, -0.05) is 17.7 Å². The molecule has 9 heteroatoms. The predicted octanol–water partition coefficient (Wildman–Crippen LogP) is 3.16. The van der Waals surface area contributed by atoms with Crippen LogP contribution in [0.5, 0.6) is 0 Å². The van der Waals surface area contributed by atoms with Crippen molar-refractivity contribution < 1.29 is 9.72 Å². The number of rotatable bonds is 2. The Morgan fingerprint density at radius 1 is 1.20 bits per heavy atom. The zero-order valence-corrected chi connectivity index (χ0v) is 17.0. The van der Waals surface area contributed by atoms with Gasteiger partial charge in [0, 0.05) is 61.0 Å². The zero-order valence-electron chi connectivity index (χ0n) is 16.2. The Morgan fingerprint density at radius 2 is 2.00 bits per heavy atom. The highest BCUT2D eigenvalue weighted by Crippen LogP contribution is 2.36. The number of aromatic nitrogens is 2. The van der Waals surface area contributed by atoms with E-state index in [0.717, 1.165) is 23.0 Å². The quantitative estimate of drug-likeness (QED) is 0.465. The van der Waals surface area contributed by atoms with Crippen molar-refractivity contribution in [2.45, 2.75) is 18.9 Å². The Kier molecular flexibility index (Phi) is 4.21. The van der Waals surface area contributed by atoms with E-state index in [4.69, 9.17) is 11.6 Å². The summed E-state index contributed by atoms with van der Waals surface area (Å²) in [6.45, 7) is 1.39. The molecule has 0 N–H and O–H groups in total. The van der Waals surface area contributed by atoms with E-state index >= 15 is 0 Å². The molecule has 2 aromatic heterocycles. The molecule has 3 aromatic rings. The van der Waals surface area contributed by atoms with Gasteiger partial charge in [-0.2, -0.15) is 0 Å². The lowest BCUT2D eigenvalue weighted by atomic mass is 9.83. The average Bonchev–Trinajstić information content (AvgIpc) is 3.03. The molecule has 30 heavy (non-hydrogen) atoms. The van der Waals surface area contributed by atoms with Gasteiger partial charge < -0.3 is 14.0 Å². The standard InChI is InChI=1S/C21H19ClN4O4/c1-23-11-16(15-3-2-14(22)7-19(15)23)20(27)24-8-12-6-13(10-24)17-4-5-18(26(29)30)21(28)25(17)9-12/h2-5,7,11-13H,6,8-10H2,1H3. The first-order valence-corrected chi connectivity index (χ1v) is 10.1. The van der Waals surface area contributed by atoms with E-state index in [0.29, 0.717) is 30.2 Å². The summed E-state index contributed by atoms with van der Waals surface area (Å²) < 4.78 is 3.42. The third-order valence-corrected chi connectivity index (χ3v) is 6.49. The van der Waals surface area contributed by atoms with Gasteiger partial charge >= 0.3 is 11.2 Å². The minimum atomic E-state index is -0.636. The monoisotopic (exact) mass is 426 g/mol. The second-order valence-electron chi connectivity index (χ2n) is 8.14. The van der Waals surface area contributed by atoms with E-state index in [1.807, 2.05) is 34.8 Å². The summed E-state index contributed by atoms with van der Waals surface area (Å²) in [5.74, 6) is 0.0269. The van der Waals surface area contributed by atoms with Crippen LogP contribution in [0.2, 0.25) is 5.02 Å². The van der Waals surface area contributed by atoms with Gasteiger partial charge in [-0.15, -0.1) is 0 Å². The van der Waals surface area contributed by atoms with Gasteiger partial charge in [-0.3, -0.25) is 19.7 Å². The third-order valence-electron chi connectivity index (χ3n) is 6.25. The summed E-state index contributed by atoms with van der Waals surface area (Å²) in [4.78, 5) is 38.2. The van der Waals surface area contributed by atoms with Crippen LogP contribution in [0.4, 0.5) is 5.69 Å². The molecule has 1 fully saturated rings. The van der Waals surface area contributed by atoms with Crippen LogP contribution < -0.4 is 5.56 Å². The molecule has 4 heterocycles. The molecule has 2 unspecified atom stereocenters. The predicted molar refractivity (Wildman–Crippen MR) is 112 cm³/mol. The number of nitrogens with zero attached hydrogens (tertiary/aromatic N) is 4. The number of likely N-dealkylation sites (tertiary alicyclic amines) is 1. The van der Waals surface area contributed by atoms with Gasteiger partial charge in [0.05, 0.1) is 16.0 Å². The van der Waals surface area contributed by atoms with E-state index in [1.54, 1.807) is 12.1 Å². The zero-order chi connectivity index (χ0) is 21.2. The van der Waals surface area contributed by atoms with Gasteiger partial charge in [0.2, 0.25) is 0 Å². The maximum Gasteiger partial charge on any atom is 0.334 e. The summed E-state index contributed by atoms with van der Waals surface area (Å²) in [5.41, 5.74) is 1.33. The normalized spacial score (nSPS) is 20.3. The number of fused-ring (bicyclic) bond motifs is 5. The maximum atomic E-state index is 13.4. The second kappa shape index (κ2) is 6.70. The number of halogens is 1. The van der Waals surface area contributed by atoms with Crippen LogP contribution >= 0.6 is 11.6 Å². The van der Waals surface area contributed by atoms with Gasteiger partial charge in [0.1, 0.15) is 0 Å². The second-order valence-corrected chi connectivity index (χ2v) is 8.58. The van der Waals surface area contributed by atoms with Gasteiger partial charge in [-0.05, 0) is 30.5 Å². The molecule has 1 aromatic carbocycles. The van der Waals surface area contributed by atoms with Gasteiger partial charge in [-0.25, -0.2) is 0 Å². The highest BCUT2D eigenvalue weighted by molar-refractivity contribution is 6.31. The number of hydrogen-bond donors (Lipinski definition) is 0. The highest BCUT2D eigenvalue weighted by atomic mass is 35.5. The lowest BCUT2D eigenvalue weighted by molar-refractivity contribution is -0.386. The van der Waals surface area contributed by atoms with Crippen LogP contribution in [0, 0.1) is 16.0 Å². The van der Waals surface area contributed by atoms with Crippen LogP contribution in [-0.4, -0.2) is 38.0 Å². The summed E-state index contributed by atoms with van der Waals surface area (Å²) in [5, 5.41) is 12.6. The molecule has 8 nitrogen and oxygen atoms in total. The molecule has 2 bridgehead atoms. The first-order valence-electron chi connectivity index (χ1n) is 9.75. The van der Waals surface area contributed by atoms with Crippen molar-refractivity contribution >= 4 is 34.1 Å². The van der Waals surface area contributed by atoms with Crippen molar-refractivity contribution in [1.82, 2.24) is 14.0 Å². The summed E-state index contributed by atoms with van der Waals surface area (Å²) in [6, 6.07) is 8.43. The molecule has 2 aliphatic heterocycles.